The number of aryl methyl sites for hydroxylation is 1. The number of carbonyl (C=O) groups is 1. The molecule has 1 aliphatic rings. The lowest BCUT2D eigenvalue weighted by molar-refractivity contribution is 0.0697. The van der Waals surface area contributed by atoms with Crippen molar-refractivity contribution in [3.05, 3.63) is 35.4 Å². The van der Waals surface area contributed by atoms with Crippen molar-refractivity contribution < 1.29 is 9.90 Å². The summed E-state index contributed by atoms with van der Waals surface area (Å²) in [5, 5.41) is 9.22. The van der Waals surface area contributed by atoms with Crippen LogP contribution >= 0.6 is 11.6 Å². The molecule has 1 aromatic rings. The molecule has 2 rings (SSSR count). The zero-order valence-electron chi connectivity index (χ0n) is 15.4. The Kier molecular flexibility index (Phi) is 8.77. The van der Waals surface area contributed by atoms with Crippen molar-refractivity contribution in [3.63, 3.8) is 0 Å². The Morgan fingerprint density at radius 3 is 2.52 bits per heavy atom. The number of carboxylic acids is 1. The van der Waals surface area contributed by atoms with Crippen LogP contribution in [0, 0.1) is 0 Å². The van der Waals surface area contributed by atoms with Crippen LogP contribution in [-0.2, 0) is 6.42 Å². The van der Waals surface area contributed by atoms with Gasteiger partial charge in [-0.3, -0.25) is 4.90 Å². The Balaban J connectivity index is 1.75. The number of nitrogens with zero attached hydrogens (tertiary/aromatic N) is 1. The van der Waals surface area contributed by atoms with Crippen LogP contribution in [0.25, 0.3) is 0 Å². The summed E-state index contributed by atoms with van der Waals surface area (Å²) in [6.45, 7) is 4.54. The first-order valence-electron chi connectivity index (χ1n) is 9.82. The van der Waals surface area contributed by atoms with Gasteiger partial charge < -0.3 is 5.11 Å². The molecule has 0 bridgehead atoms. The summed E-state index contributed by atoms with van der Waals surface area (Å²) in [4.78, 5) is 13.5. The highest BCUT2D eigenvalue weighted by molar-refractivity contribution is 6.21. The molecule has 1 aromatic carbocycles. The molecule has 4 heteroatoms. The Labute approximate surface area is 157 Å². The fraction of sp³-hybridized carbons (Fsp3) is 0.667. The van der Waals surface area contributed by atoms with Gasteiger partial charge in [0.05, 0.1) is 10.9 Å². The van der Waals surface area contributed by atoms with Crippen molar-refractivity contribution >= 4 is 17.6 Å². The van der Waals surface area contributed by atoms with E-state index in [1.807, 2.05) is 12.1 Å². The van der Waals surface area contributed by atoms with E-state index in [0.717, 1.165) is 32.4 Å². The standard InChI is InChI=1S/C21H32ClNO2/c1-2-3-4-5-6-7-15-23-16-14-19(22)20(23)13-10-17-8-11-18(12-9-17)21(24)25/h8-9,11-12,19-20H,2-7,10,13-16H2,1H3,(H,24,25)/t19?,20-/m0/s1. The summed E-state index contributed by atoms with van der Waals surface area (Å²) < 4.78 is 0. The molecule has 1 N–H and O–H groups in total. The van der Waals surface area contributed by atoms with E-state index in [1.54, 1.807) is 12.1 Å². The minimum absolute atomic E-state index is 0.249. The fourth-order valence-corrected chi connectivity index (χ4v) is 4.12. The van der Waals surface area contributed by atoms with Gasteiger partial charge in [-0.05, 0) is 56.5 Å². The molecule has 25 heavy (non-hydrogen) atoms. The zero-order valence-corrected chi connectivity index (χ0v) is 16.2. The minimum atomic E-state index is -0.867. The number of likely N-dealkylation sites (tertiary alicyclic amines) is 1. The quantitative estimate of drug-likeness (QED) is 0.424. The maximum atomic E-state index is 10.9. The van der Waals surface area contributed by atoms with E-state index in [-0.39, 0.29) is 5.38 Å². The summed E-state index contributed by atoms with van der Waals surface area (Å²) in [7, 11) is 0. The maximum absolute atomic E-state index is 10.9. The Morgan fingerprint density at radius 1 is 1.16 bits per heavy atom. The van der Waals surface area contributed by atoms with Crippen LogP contribution in [0.4, 0.5) is 0 Å². The lowest BCUT2D eigenvalue weighted by Crippen LogP contribution is -2.34. The minimum Gasteiger partial charge on any atom is -0.478 e. The monoisotopic (exact) mass is 365 g/mol. The van der Waals surface area contributed by atoms with Crippen molar-refractivity contribution in [1.29, 1.82) is 0 Å². The lowest BCUT2D eigenvalue weighted by atomic mass is 10.0. The van der Waals surface area contributed by atoms with Gasteiger partial charge >= 0.3 is 5.97 Å². The van der Waals surface area contributed by atoms with Crippen LogP contribution in [0.15, 0.2) is 24.3 Å². The first kappa shape index (κ1) is 20.3. The van der Waals surface area contributed by atoms with E-state index in [0.29, 0.717) is 11.6 Å². The molecular weight excluding hydrogens is 334 g/mol. The van der Waals surface area contributed by atoms with Crippen LogP contribution in [-0.4, -0.2) is 40.5 Å². The Hall–Kier alpha value is -1.06. The molecule has 0 aliphatic carbocycles. The number of hydrogen-bond acceptors (Lipinski definition) is 2. The lowest BCUT2D eigenvalue weighted by Gasteiger charge is -2.26. The number of rotatable bonds is 11. The molecule has 0 spiro atoms. The molecule has 0 aromatic heterocycles. The van der Waals surface area contributed by atoms with E-state index in [9.17, 15) is 4.79 Å². The van der Waals surface area contributed by atoms with Gasteiger partial charge in [0.2, 0.25) is 0 Å². The van der Waals surface area contributed by atoms with E-state index < -0.39 is 5.97 Å². The predicted octanol–water partition coefficient (Wildman–Crippen LogP) is 5.36. The molecular formula is C21H32ClNO2. The molecule has 2 atom stereocenters. The van der Waals surface area contributed by atoms with Gasteiger partial charge in [0.25, 0.3) is 0 Å². The average Bonchev–Trinajstić information content (AvgIpc) is 2.96. The Morgan fingerprint density at radius 2 is 1.84 bits per heavy atom. The third kappa shape index (κ3) is 6.63. The van der Waals surface area contributed by atoms with E-state index in [2.05, 4.69) is 11.8 Å². The molecule has 1 aliphatic heterocycles. The predicted molar refractivity (Wildman–Crippen MR) is 105 cm³/mol. The highest BCUT2D eigenvalue weighted by Crippen LogP contribution is 2.27. The van der Waals surface area contributed by atoms with Gasteiger partial charge in [-0.2, -0.15) is 0 Å². The third-order valence-electron chi connectivity index (χ3n) is 5.31. The molecule has 1 fully saturated rings. The number of hydrogen-bond donors (Lipinski definition) is 1. The maximum Gasteiger partial charge on any atom is 0.335 e. The van der Waals surface area contributed by atoms with Crippen molar-refractivity contribution in [2.45, 2.75) is 76.1 Å². The SMILES string of the molecule is CCCCCCCCN1CCC(Cl)[C@@H]1CCc1ccc(C(=O)O)cc1. The smallest absolute Gasteiger partial charge is 0.335 e. The Bertz CT molecular complexity index is 517. The number of benzene rings is 1. The summed E-state index contributed by atoms with van der Waals surface area (Å²) in [6.07, 6.45) is 11.1. The fourth-order valence-electron chi connectivity index (χ4n) is 3.74. The van der Waals surface area contributed by atoms with E-state index in [4.69, 9.17) is 16.7 Å². The van der Waals surface area contributed by atoms with Crippen LogP contribution < -0.4 is 0 Å². The molecule has 1 heterocycles. The summed E-state index contributed by atoms with van der Waals surface area (Å²) in [5.41, 5.74) is 1.55. The van der Waals surface area contributed by atoms with Crippen LogP contribution in [0.2, 0.25) is 0 Å². The van der Waals surface area contributed by atoms with E-state index in [1.165, 1.54) is 44.1 Å². The first-order chi connectivity index (χ1) is 12.1. The number of aromatic carboxylic acids is 1. The molecule has 0 saturated carbocycles. The summed E-state index contributed by atoms with van der Waals surface area (Å²) in [6, 6.07) is 7.70. The van der Waals surface area contributed by atoms with Crippen LogP contribution in [0.3, 0.4) is 0 Å². The largest absolute Gasteiger partial charge is 0.478 e. The number of unbranched alkanes of at least 4 members (excludes halogenated alkanes) is 5. The van der Waals surface area contributed by atoms with Gasteiger partial charge in [0, 0.05) is 6.04 Å². The van der Waals surface area contributed by atoms with Crippen molar-refractivity contribution in [3.8, 4) is 0 Å². The van der Waals surface area contributed by atoms with E-state index >= 15 is 0 Å². The molecule has 3 nitrogen and oxygen atoms in total. The number of halogens is 1. The van der Waals surface area contributed by atoms with Gasteiger partial charge in [0.15, 0.2) is 0 Å². The topological polar surface area (TPSA) is 40.5 Å². The molecule has 1 saturated heterocycles. The molecule has 1 unspecified atom stereocenters. The second-order valence-corrected chi connectivity index (χ2v) is 7.78. The second-order valence-electron chi connectivity index (χ2n) is 7.22. The molecule has 0 amide bonds. The van der Waals surface area contributed by atoms with Crippen LogP contribution in [0.1, 0.15) is 74.2 Å². The molecule has 0 radical (unpaired) electrons. The zero-order chi connectivity index (χ0) is 18.1. The van der Waals surface area contributed by atoms with Gasteiger partial charge in [0.1, 0.15) is 0 Å². The third-order valence-corrected chi connectivity index (χ3v) is 5.82. The van der Waals surface area contributed by atoms with Crippen LogP contribution in [0.5, 0.6) is 0 Å². The highest BCUT2D eigenvalue weighted by atomic mass is 35.5. The normalized spacial score (nSPS) is 20.9. The first-order valence-corrected chi connectivity index (χ1v) is 10.3. The summed E-state index contributed by atoms with van der Waals surface area (Å²) in [5.74, 6) is -0.867. The second kappa shape index (κ2) is 10.8. The van der Waals surface area contributed by atoms with Gasteiger partial charge in [-0.25, -0.2) is 4.79 Å². The number of alkyl halides is 1. The average molecular weight is 366 g/mol. The number of carboxylic acid groups (broad SMARTS) is 1. The molecule has 140 valence electrons. The van der Waals surface area contributed by atoms with Gasteiger partial charge in [-0.1, -0.05) is 51.2 Å². The van der Waals surface area contributed by atoms with Crippen molar-refractivity contribution in [2.75, 3.05) is 13.1 Å². The van der Waals surface area contributed by atoms with Gasteiger partial charge in [-0.15, -0.1) is 11.6 Å². The van der Waals surface area contributed by atoms with Crippen molar-refractivity contribution in [1.82, 2.24) is 4.90 Å². The van der Waals surface area contributed by atoms with Crippen molar-refractivity contribution in [2.24, 2.45) is 0 Å². The highest BCUT2D eigenvalue weighted by Gasteiger charge is 2.31. The summed E-state index contributed by atoms with van der Waals surface area (Å²) >= 11 is 6.57.